The second-order valence-corrected chi connectivity index (χ2v) is 5.97. The molecule has 3 rings (SSSR count). The van der Waals surface area contributed by atoms with Crippen molar-refractivity contribution >= 4 is 21.9 Å². The van der Waals surface area contributed by atoms with Crippen molar-refractivity contribution in [1.29, 1.82) is 0 Å². The van der Waals surface area contributed by atoms with E-state index in [-0.39, 0.29) is 0 Å². The predicted molar refractivity (Wildman–Crippen MR) is 78.7 cm³/mol. The number of aliphatic hydroxyl groups is 1. The summed E-state index contributed by atoms with van der Waals surface area (Å²) in [7, 11) is 1.26. The Kier molecular flexibility index (Phi) is 4.08. The van der Waals surface area contributed by atoms with Crippen LogP contribution in [0.4, 0.5) is 0 Å². The second-order valence-electron chi connectivity index (χ2n) is 5.17. The molecule has 0 spiro atoms. The first-order valence-electron chi connectivity index (χ1n) is 7.03. The van der Waals surface area contributed by atoms with Gasteiger partial charge < -0.3 is 19.3 Å². The normalized spacial score (nSPS) is 17.9. The van der Waals surface area contributed by atoms with Gasteiger partial charge in [-0.2, -0.15) is 0 Å². The van der Waals surface area contributed by atoms with Gasteiger partial charge in [-0.3, -0.25) is 0 Å². The van der Waals surface area contributed by atoms with Gasteiger partial charge in [-0.25, -0.2) is 4.79 Å². The summed E-state index contributed by atoms with van der Waals surface area (Å²) in [6, 6.07) is 0. The average Bonchev–Trinajstić information content (AvgIpc) is 2.54. The molecule has 1 unspecified atom stereocenters. The summed E-state index contributed by atoms with van der Waals surface area (Å²) >= 11 is 3.59. The van der Waals surface area contributed by atoms with Crippen LogP contribution in [0.25, 0.3) is 0 Å². The summed E-state index contributed by atoms with van der Waals surface area (Å²) in [5, 5.41) is 10.4. The molecular formula is C15H17BrO5. The lowest BCUT2D eigenvalue weighted by Gasteiger charge is -2.30. The van der Waals surface area contributed by atoms with Crippen LogP contribution in [0, 0.1) is 0 Å². The highest BCUT2D eigenvalue weighted by Gasteiger charge is 2.34. The summed E-state index contributed by atoms with van der Waals surface area (Å²) in [6.07, 6.45) is 1.98. The molecule has 1 N–H and O–H groups in total. The zero-order chi connectivity index (χ0) is 15.0. The van der Waals surface area contributed by atoms with E-state index in [4.69, 9.17) is 9.47 Å². The highest BCUT2D eigenvalue weighted by Crippen LogP contribution is 2.48. The number of halogens is 1. The quantitative estimate of drug-likeness (QED) is 0.823. The maximum Gasteiger partial charge on any atom is 0.339 e. The van der Waals surface area contributed by atoms with Crippen LogP contribution in [0.1, 0.15) is 35.6 Å². The van der Waals surface area contributed by atoms with Gasteiger partial charge in [0.1, 0.15) is 11.5 Å². The third kappa shape index (κ3) is 2.40. The van der Waals surface area contributed by atoms with Crippen molar-refractivity contribution in [3.05, 3.63) is 21.2 Å². The van der Waals surface area contributed by atoms with Gasteiger partial charge in [-0.15, -0.1) is 0 Å². The number of esters is 1. The van der Waals surface area contributed by atoms with Gasteiger partial charge in [0.25, 0.3) is 0 Å². The number of rotatable bonds is 2. The van der Waals surface area contributed by atoms with E-state index in [2.05, 4.69) is 20.7 Å². The zero-order valence-corrected chi connectivity index (χ0v) is 13.4. The number of carbonyl (C=O) groups excluding carboxylic acids is 1. The molecule has 1 aromatic carbocycles. The molecule has 0 aliphatic carbocycles. The first-order chi connectivity index (χ1) is 10.1. The summed E-state index contributed by atoms with van der Waals surface area (Å²) in [5.41, 5.74) is 2.31. The van der Waals surface area contributed by atoms with Gasteiger partial charge in [-0.1, -0.05) is 0 Å². The molecular weight excluding hydrogens is 340 g/mol. The van der Waals surface area contributed by atoms with Crippen molar-refractivity contribution in [1.82, 2.24) is 0 Å². The Balaban J connectivity index is 2.22. The van der Waals surface area contributed by atoms with Crippen molar-refractivity contribution in [3.63, 3.8) is 0 Å². The molecule has 21 heavy (non-hydrogen) atoms. The number of hydrogen-bond donors (Lipinski definition) is 1. The maximum absolute atomic E-state index is 11.8. The van der Waals surface area contributed by atoms with E-state index in [9.17, 15) is 9.90 Å². The van der Waals surface area contributed by atoms with Crippen molar-refractivity contribution in [2.45, 2.75) is 31.8 Å². The van der Waals surface area contributed by atoms with E-state index >= 15 is 0 Å². The van der Waals surface area contributed by atoms with Crippen LogP contribution in [0.3, 0.4) is 0 Å². The molecule has 0 saturated carbocycles. The molecule has 1 aromatic rings. The van der Waals surface area contributed by atoms with Crippen molar-refractivity contribution in [2.24, 2.45) is 0 Å². The van der Waals surface area contributed by atoms with Crippen LogP contribution in [0.2, 0.25) is 0 Å². The Morgan fingerprint density at radius 3 is 2.48 bits per heavy atom. The third-order valence-electron chi connectivity index (χ3n) is 3.92. The minimum atomic E-state index is -1.34. The van der Waals surface area contributed by atoms with Crippen LogP contribution in [0.15, 0.2) is 4.47 Å². The van der Waals surface area contributed by atoms with E-state index in [1.165, 1.54) is 7.11 Å². The largest absolute Gasteiger partial charge is 0.493 e. The van der Waals surface area contributed by atoms with Gasteiger partial charge in [0.15, 0.2) is 6.10 Å². The monoisotopic (exact) mass is 356 g/mol. The minimum Gasteiger partial charge on any atom is -0.493 e. The van der Waals surface area contributed by atoms with Gasteiger partial charge in [0.2, 0.25) is 0 Å². The van der Waals surface area contributed by atoms with Crippen molar-refractivity contribution < 1.29 is 24.1 Å². The molecule has 2 aliphatic heterocycles. The molecule has 0 fully saturated rings. The lowest BCUT2D eigenvalue weighted by Crippen LogP contribution is -2.23. The Hall–Kier alpha value is -1.27. The highest BCUT2D eigenvalue weighted by atomic mass is 79.9. The molecule has 0 bridgehead atoms. The van der Waals surface area contributed by atoms with Crippen LogP contribution in [-0.4, -0.2) is 31.4 Å². The van der Waals surface area contributed by atoms with E-state index in [0.717, 1.165) is 47.0 Å². The Labute approximate surface area is 131 Å². The first-order valence-corrected chi connectivity index (χ1v) is 7.83. The molecule has 1 atom stereocenters. The Morgan fingerprint density at radius 1 is 1.19 bits per heavy atom. The smallest absolute Gasteiger partial charge is 0.339 e. The third-order valence-corrected chi connectivity index (χ3v) is 4.75. The topological polar surface area (TPSA) is 65.0 Å². The molecule has 0 amide bonds. The number of fused-ring (bicyclic) bond motifs is 2. The SMILES string of the molecule is COC(=O)C(O)c1c2c(c(Br)c3c1OCCC3)OCCC2. The second kappa shape index (κ2) is 5.85. The molecule has 6 heteroatoms. The minimum absolute atomic E-state index is 0.509. The molecule has 114 valence electrons. The predicted octanol–water partition coefficient (Wildman–Crippen LogP) is 2.31. The number of carbonyl (C=O) groups is 1. The number of benzene rings is 1. The number of aliphatic hydroxyl groups excluding tert-OH is 1. The molecule has 2 heterocycles. The lowest BCUT2D eigenvalue weighted by molar-refractivity contribution is -0.150. The fraction of sp³-hybridized carbons (Fsp3) is 0.533. The van der Waals surface area contributed by atoms with Crippen LogP contribution in [0.5, 0.6) is 11.5 Å². The standard InChI is InChI=1S/C15H17BrO5/c1-19-15(18)12(17)10-8-4-2-7-21-14(8)11(16)9-5-3-6-20-13(9)10/h12,17H,2-7H2,1H3. The Morgan fingerprint density at radius 2 is 1.81 bits per heavy atom. The molecule has 0 saturated heterocycles. The number of methoxy groups -OCH3 is 1. The van der Waals surface area contributed by atoms with Crippen LogP contribution < -0.4 is 9.47 Å². The van der Waals surface area contributed by atoms with Crippen molar-refractivity contribution in [3.8, 4) is 11.5 Å². The summed E-state index contributed by atoms with van der Waals surface area (Å²) in [4.78, 5) is 11.8. The fourth-order valence-corrected chi connectivity index (χ4v) is 3.68. The number of ether oxygens (including phenoxy) is 3. The van der Waals surface area contributed by atoms with Crippen LogP contribution in [-0.2, 0) is 22.4 Å². The van der Waals surface area contributed by atoms with Gasteiger partial charge in [-0.05, 0) is 41.6 Å². The van der Waals surface area contributed by atoms with Crippen molar-refractivity contribution in [2.75, 3.05) is 20.3 Å². The maximum atomic E-state index is 11.8. The lowest BCUT2D eigenvalue weighted by atomic mass is 9.90. The summed E-state index contributed by atoms with van der Waals surface area (Å²) in [5.74, 6) is 0.653. The summed E-state index contributed by atoms with van der Waals surface area (Å²) in [6.45, 7) is 1.22. The first kappa shape index (κ1) is 14.7. The fourth-order valence-electron chi connectivity index (χ4n) is 2.94. The molecule has 0 aromatic heterocycles. The van der Waals surface area contributed by atoms with E-state index in [0.29, 0.717) is 24.5 Å². The molecule has 5 nitrogen and oxygen atoms in total. The van der Waals surface area contributed by atoms with E-state index < -0.39 is 12.1 Å². The number of hydrogen-bond acceptors (Lipinski definition) is 5. The van der Waals surface area contributed by atoms with Crippen LogP contribution >= 0.6 is 15.9 Å². The van der Waals surface area contributed by atoms with Gasteiger partial charge in [0, 0.05) is 16.7 Å². The van der Waals surface area contributed by atoms with Gasteiger partial charge in [0.05, 0.1) is 24.8 Å². The highest BCUT2D eigenvalue weighted by molar-refractivity contribution is 9.10. The van der Waals surface area contributed by atoms with Gasteiger partial charge >= 0.3 is 5.97 Å². The zero-order valence-electron chi connectivity index (χ0n) is 11.8. The summed E-state index contributed by atoms with van der Waals surface area (Å²) < 4.78 is 17.1. The van der Waals surface area contributed by atoms with E-state index in [1.807, 2.05) is 0 Å². The average molecular weight is 357 g/mol. The van der Waals surface area contributed by atoms with E-state index in [1.54, 1.807) is 0 Å². The Bertz CT molecular complexity index is 547. The molecule has 2 aliphatic rings. The molecule has 0 radical (unpaired) electrons.